The third-order valence-electron chi connectivity index (χ3n) is 5.29. The Morgan fingerprint density at radius 1 is 0.939 bits per heavy atom. The molecular formula is C23H29N5O5. The predicted molar refractivity (Wildman–Crippen MR) is 123 cm³/mol. The van der Waals surface area contributed by atoms with Crippen molar-refractivity contribution in [2.24, 2.45) is 5.73 Å². The zero-order valence-corrected chi connectivity index (χ0v) is 18.7. The number of ether oxygens (including phenoxy) is 2. The molecule has 0 saturated carbocycles. The van der Waals surface area contributed by atoms with Crippen LogP contribution in [0, 0.1) is 0 Å². The Bertz CT molecular complexity index is 895. The number of urea groups is 1. The second-order valence-corrected chi connectivity index (χ2v) is 7.42. The van der Waals surface area contributed by atoms with Crippen molar-refractivity contribution in [3.63, 3.8) is 0 Å². The molecule has 0 aromatic heterocycles. The minimum absolute atomic E-state index is 0.0958. The molecule has 1 heterocycles. The molecule has 10 nitrogen and oxygen atoms in total. The third kappa shape index (κ3) is 5.92. The summed E-state index contributed by atoms with van der Waals surface area (Å²) in [6.07, 6.45) is -0.973. The average Bonchev–Trinajstić information content (AvgIpc) is 3.29. The number of carbonyl (C=O) groups excluding carboxylic acids is 3. The first-order valence-electron chi connectivity index (χ1n) is 10.6. The smallest absolute Gasteiger partial charge is 0.323 e. The molecule has 3 rings (SSSR count). The fourth-order valence-corrected chi connectivity index (χ4v) is 3.56. The van der Waals surface area contributed by atoms with Crippen molar-refractivity contribution < 1.29 is 23.9 Å². The Kier molecular flexibility index (Phi) is 8.09. The fourth-order valence-electron chi connectivity index (χ4n) is 3.56. The Labute approximate surface area is 192 Å². The van der Waals surface area contributed by atoms with Gasteiger partial charge >= 0.3 is 6.03 Å². The van der Waals surface area contributed by atoms with E-state index in [9.17, 15) is 14.4 Å². The molecule has 0 bridgehead atoms. The second kappa shape index (κ2) is 11.2. The van der Waals surface area contributed by atoms with Gasteiger partial charge in [0.25, 0.3) is 5.91 Å². The van der Waals surface area contributed by atoms with E-state index in [1.807, 2.05) is 0 Å². The molecule has 1 saturated heterocycles. The Hall–Kier alpha value is -3.79. The Balaban J connectivity index is 1.74. The summed E-state index contributed by atoms with van der Waals surface area (Å²) in [5.41, 5.74) is 6.83. The molecular weight excluding hydrogens is 426 g/mol. The zero-order chi connectivity index (χ0) is 23.8. The van der Waals surface area contributed by atoms with E-state index in [0.29, 0.717) is 17.2 Å². The molecule has 4 amide bonds. The molecule has 1 aliphatic rings. The summed E-state index contributed by atoms with van der Waals surface area (Å²) in [5.74, 6) is 0.634. The van der Waals surface area contributed by atoms with Crippen molar-refractivity contribution in [3.05, 3.63) is 54.1 Å². The molecule has 176 valence electrons. The van der Waals surface area contributed by atoms with Crippen molar-refractivity contribution in [1.29, 1.82) is 0 Å². The lowest BCUT2D eigenvalue weighted by Gasteiger charge is -2.29. The number of hydrogen-bond acceptors (Lipinski definition) is 6. The van der Waals surface area contributed by atoms with E-state index in [0.717, 1.165) is 5.56 Å². The molecule has 10 heteroatoms. The average molecular weight is 456 g/mol. The third-order valence-corrected chi connectivity index (χ3v) is 5.29. The fraction of sp³-hybridized carbons (Fsp3) is 0.348. The second-order valence-electron chi connectivity index (χ2n) is 7.42. The first kappa shape index (κ1) is 23.9. The number of nitrogens with two attached hydrogens (primary N) is 1. The molecule has 1 unspecified atom stereocenters. The number of nitrogens with one attached hydrogen (secondary N) is 2. The number of nitrogens with zero attached hydrogens (tertiary/aromatic N) is 2. The summed E-state index contributed by atoms with van der Waals surface area (Å²) in [6, 6.07) is 13.5. The standard InChI is InChI=1S/C23H29N5O5/c1-32-18-7-3-16(4-8-18)15-20(29)27-13-14-28(22(27)21(30)25-12-11-24)23(31)26-17-5-9-19(33-2)10-6-17/h3-10,22H,11-15,24H2,1-2H3,(H,25,30)(H,26,31). The van der Waals surface area contributed by atoms with Crippen molar-refractivity contribution in [2.45, 2.75) is 12.6 Å². The van der Waals surface area contributed by atoms with Gasteiger partial charge in [0.1, 0.15) is 11.5 Å². The van der Waals surface area contributed by atoms with E-state index < -0.39 is 18.1 Å². The highest BCUT2D eigenvalue weighted by molar-refractivity contribution is 5.96. The normalized spacial score (nSPS) is 15.2. The van der Waals surface area contributed by atoms with Gasteiger partial charge in [-0.2, -0.15) is 0 Å². The molecule has 33 heavy (non-hydrogen) atoms. The minimum Gasteiger partial charge on any atom is -0.497 e. The largest absolute Gasteiger partial charge is 0.497 e. The number of methoxy groups -OCH3 is 2. The van der Waals surface area contributed by atoms with E-state index in [4.69, 9.17) is 15.2 Å². The number of amides is 4. The molecule has 1 fully saturated rings. The van der Waals surface area contributed by atoms with Gasteiger partial charge in [-0.05, 0) is 42.0 Å². The minimum atomic E-state index is -1.07. The van der Waals surface area contributed by atoms with Gasteiger partial charge in [-0.25, -0.2) is 4.79 Å². The first-order valence-corrected chi connectivity index (χ1v) is 10.6. The maximum atomic E-state index is 13.1. The molecule has 1 aliphatic heterocycles. The number of rotatable bonds is 8. The van der Waals surface area contributed by atoms with Crippen molar-refractivity contribution in [3.8, 4) is 11.5 Å². The summed E-state index contributed by atoms with van der Waals surface area (Å²) < 4.78 is 10.3. The SMILES string of the molecule is COc1ccc(CC(=O)N2CCN(C(=O)Nc3ccc(OC)cc3)C2C(=O)NCCN)cc1. The van der Waals surface area contributed by atoms with Crippen molar-refractivity contribution in [1.82, 2.24) is 15.1 Å². The summed E-state index contributed by atoms with van der Waals surface area (Å²) >= 11 is 0. The molecule has 1 atom stereocenters. The van der Waals surface area contributed by atoms with E-state index in [-0.39, 0.29) is 38.5 Å². The Morgan fingerprint density at radius 2 is 1.52 bits per heavy atom. The van der Waals surface area contributed by atoms with Gasteiger partial charge in [0.15, 0.2) is 6.17 Å². The van der Waals surface area contributed by atoms with Crippen LogP contribution >= 0.6 is 0 Å². The lowest BCUT2D eigenvalue weighted by atomic mass is 10.1. The topological polar surface area (TPSA) is 126 Å². The van der Waals surface area contributed by atoms with Gasteiger partial charge in [-0.3, -0.25) is 14.5 Å². The van der Waals surface area contributed by atoms with Crippen LogP contribution < -0.4 is 25.8 Å². The highest BCUT2D eigenvalue weighted by Gasteiger charge is 2.42. The first-order chi connectivity index (χ1) is 16.0. The van der Waals surface area contributed by atoms with Gasteiger partial charge in [-0.15, -0.1) is 0 Å². The molecule has 4 N–H and O–H groups in total. The van der Waals surface area contributed by atoms with Crippen LogP contribution in [0.3, 0.4) is 0 Å². The van der Waals surface area contributed by atoms with Crippen LogP contribution in [-0.2, 0) is 16.0 Å². The van der Waals surface area contributed by atoms with E-state index in [1.54, 1.807) is 62.8 Å². The van der Waals surface area contributed by atoms with Gasteiger partial charge in [0.2, 0.25) is 5.91 Å². The van der Waals surface area contributed by atoms with Crippen LogP contribution in [0.4, 0.5) is 10.5 Å². The highest BCUT2D eigenvalue weighted by atomic mass is 16.5. The lowest BCUT2D eigenvalue weighted by molar-refractivity contribution is -0.140. The number of hydrogen-bond donors (Lipinski definition) is 3. The quantitative estimate of drug-likeness (QED) is 0.546. The van der Waals surface area contributed by atoms with Crippen LogP contribution in [0.2, 0.25) is 0 Å². The molecule has 0 radical (unpaired) electrons. The summed E-state index contributed by atoms with van der Waals surface area (Å²) in [6.45, 7) is 0.947. The Morgan fingerprint density at radius 3 is 2.09 bits per heavy atom. The number of benzene rings is 2. The maximum Gasteiger partial charge on any atom is 0.323 e. The van der Waals surface area contributed by atoms with Crippen LogP contribution in [0.1, 0.15) is 5.56 Å². The van der Waals surface area contributed by atoms with Crippen LogP contribution in [0.5, 0.6) is 11.5 Å². The van der Waals surface area contributed by atoms with E-state index >= 15 is 0 Å². The number of anilines is 1. The van der Waals surface area contributed by atoms with Gasteiger partial charge in [0.05, 0.1) is 20.6 Å². The van der Waals surface area contributed by atoms with E-state index in [1.165, 1.54) is 9.80 Å². The van der Waals surface area contributed by atoms with Crippen LogP contribution in [0.15, 0.2) is 48.5 Å². The molecule has 2 aromatic carbocycles. The van der Waals surface area contributed by atoms with Crippen LogP contribution in [0.25, 0.3) is 0 Å². The van der Waals surface area contributed by atoms with Crippen LogP contribution in [-0.4, -0.2) is 74.2 Å². The van der Waals surface area contributed by atoms with E-state index in [2.05, 4.69) is 10.6 Å². The molecule has 0 aliphatic carbocycles. The predicted octanol–water partition coefficient (Wildman–Crippen LogP) is 1.02. The van der Waals surface area contributed by atoms with Crippen molar-refractivity contribution >= 4 is 23.5 Å². The molecule has 0 spiro atoms. The monoisotopic (exact) mass is 455 g/mol. The number of carbonyl (C=O) groups is 3. The van der Waals surface area contributed by atoms with Gasteiger partial charge < -0.3 is 30.7 Å². The molecule has 2 aromatic rings. The zero-order valence-electron chi connectivity index (χ0n) is 18.7. The lowest BCUT2D eigenvalue weighted by Crippen LogP contribution is -2.55. The highest BCUT2D eigenvalue weighted by Crippen LogP contribution is 2.21. The van der Waals surface area contributed by atoms with Crippen molar-refractivity contribution in [2.75, 3.05) is 45.7 Å². The van der Waals surface area contributed by atoms with Gasteiger partial charge in [0, 0.05) is 31.9 Å². The summed E-state index contributed by atoms with van der Waals surface area (Å²) in [7, 11) is 3.13. The maximum absolute atomic E-state index is 13.1. The summed E-state index contributed by atoms with van der Waals surface area (Å²) in [4.78, 5) is 41.7. The summed E-state index contributed by atoms with van der Waals surface area (Å²) in [5, 5.41) is 5.46. The van der Waals surface area contributed by atoms with Gasteiger partial charge in [-0.1, -0.05) is 12.1 Å².